The van der Waals surface area contributed by atoms with Crippen molar-refractivity contribution in [3.63, 3.8) is 0 Å². The van der Waals surface area contributed by atoms with Crippen LogP contribution in [0.2, 0.25) is 0 Å². The second kappa shape index (κ2) is 6.21. The number of aromatic nitrogens is 2. The number of aryl methyl sites for hydroxylation is 1. The van der Waals surface area contributed by atoms with Gasteiger partial charge < -0.3 is 10.1 Å². The van der Waals surface area contributed by atoms with Gasteiger partial charge in [-0.3, -0.25) is 4.68 Å². The number of hydrogen-bond donors (Lipinski definition) is 1. The van der Waals surface area contributed by atoms with Gasteiger partial charge in [-0.25, -0.2) is 0 Å². The van der Waals surface area contributed by atoms with Crippen LogP contribution in [0.1, 0.15) is 16.8 Å². The van der Waals surface area contributed by atoms with Crippen molar-refractivity contribution in [3.05, 3.63) is 45.7 Å². The lowest BCUT2D eigenvalue weighted by Gasteiger charge is -2.07. The summed E-state index contributed by atoms with van der Waals surface area (Å²) in [6, 6.07) is 5.96. The predicted molar refractivity (Wildman–Crippen MR) is 79.5 cm³/mol. The Hall–Kier alpha value is -1.33. The zero-order valence-corrected chi connectivity index (χ0v) is 13.0. The number of halogens is 1. The molecule has 1 aromatic carbocycles. The molecule has 0 spiro atoms. The molecule has 0 radical (unpaired) electrons. The molecule has 0 fully saturated rings. The van der Waals surface area contributed by atoms with Crippen LogP contribution in [0.3, 0.4) is 0 Å². The highest BCUT2D eigenvalue weighted by Crippen LogP contribution is 2.23. The molecule has 102 valence electrons. The van der Waals surface area contributed by atoms with Gasteiger partial charge in [-0.15, -0.1) is 0 Å². The van der Waals surface area contributed by atoms with E-state index < -0.39 is 0 Å². The summed E-state index contributed by atoms with van der Waals surface area (Å²) in [5.74, 6) is 0.859. The van der Waals surface area contributed by atoms with Crippen molar-refractivity contribution < 1.29 is 4.74 Å². The summed E-state index contributed by atoms with van der Waals surface area (Å²) in [6.45, 7) is 3.59. The Bertz CT molecular complexity index is 566. The average Bonchev–Trinajstić information content (AvgIpc) is 2.73. The number of nitrogens with one attached hydrogen (secondary N) is 1. The molecule has 4 nitrogen and oxygen atoms in total. The van der Waals surface area contributed by atoms with Gasteiger partial charge in [0.15, 0.2) is 0 Å². The first-order chi connectivity index (χ1) is 9.13. The van der Waals surface area contributed by atoms with E-state index in [2.05, 4.69) is 32.5 Å². The van der Waals surface area contributed by atoms with E-state index in [1.54, 1.807) is 7.11 Å². The number of nitrogens with zero attached hydrogens (tertiary/aromatic N) is 2. The van der Waals surface area contributed by atoms with Crippen LogP contribution in [-0.4, -0.2) is 23.9 Å². The number of rotatable bonds is 5. The van der Waals surface area contributed by atoms with Gasteiger partial charge in [0.25, 0.3) is 0 Å². The fourth-order valence-electron chi connectivity index (χ4n) is 1.98. The molecule has 1 N–H and O–H groups in total. The molecule has 0 unspecified atom stereocenters. The SMILES string of the molecule is CNCc1cn(Cc2cc(OC)ccc2Br)nc1C. The molecule has 19 heavy (non-hydrogen) atoms. The molecule has 1 aromatic heterocycles. The van der Waals surface area contributed by atoms with Crippen LogP contribution in [0.15, 0.2) is 28.9 Å². The second-order valence-corrected chi connectivity index (χ2v) is 5.28. The molecule has 2 rings (SSSR count). The molecule has 0 amide bonds. The minimum atomic E-state index is 0.725. The molecule has 0 atom stereocenters. The van der Waals surface area contributed by atoms with E-state index in [0.717, 1.165) is 34.6 Å². The molecule has 0 aliphatic carbocycles. The van der Waals surface area contributed by atoms with E-state index in [1.165, 1.54) is 5.56 Å². The van der Waals surface area contributed by atoms with Gasteiger partial charge in [0.2, 0.25) is 0 Å². The Morgan fingerprint density at radius 1 is 1.37 bits per heavy atom. The third kappa shape index (κ3) is 3.36. The molecular weight excluding hydrogens is 306 g/mol. The molecule has 0 aliphatic heterocycles. The highest BCUT2D eigenvalue weighted by Gasteiger charge is 2.07. The fraction of sp³-hybridized carbons (Fsp3) is 0.357. The maximum absolute atomic E-state index is 5.25. The smallest absolute Gasteiger partial charge is 0.119 e. The van der Waals surface area contributed by atoms with Crippen LogP contribution in [0.5, 0.6) is 5.75 Å². The third-order valence-electron chi connectivity index (χ3n) is 3.00. The third-order valence-corrected chi connectivity index (χ3v) is 3.77. The number of hydrogen-bond acceptors (Lipinski definition) is 3. The van der Waals surface area contributed by atoms with Crippen molar-refractivity contribution in [2.75, 3.05) is 14.2 Å². The first-order valence-electron chi connectivity index (χ1n) is 6.14. The van der Waals surface area contributed by atoms with Gasteiger partial charge in [0.05, 0.1) is 19.3 Å². The quantitative estimate of drug-likeness (QED) is 0.919. The molecule has 2 aromatic rings. The zero-order valence-electron chi connectivity index (χ0n) is 11.4. The molecule has 0 aliphatic rings. The molecule has 0 bridgehead atoms. The van der Waals surface area contributed by atoms with E-state index in [9.17, 15) is 0 Å². The van der Waals surface area contributed by atoms with Crippen molar-refractivity contribution in [2.45, 2.75) is 20.0 Å². The summed E-state index contributed by atoms with van der Waals surface area (Å²) in [5.41, 5.74) is 3.44. The maximum atomic E-state index is 5.25. The zero-order chi connectivity index (χ0) is 13.8. The summed E-state index contributed by atoms with van der Waals surface area (Å²) in [4.78, 5) is 0. The van der Waals surface area contributed by atoms with Crippen LogP contribution in [0.25, 0.3) is 0 Å². The topological polar surface area (TPSA) is 39.1 Å². The van der Waals surface area contributed by atoms with Crippen molar-refractivity contribution in [1.29, 1.82) is 0 Å². The Morgan fingerprint density at radius 3 is 2.84 bits per heavy atom. The average molecular weight is 324 g/mol. The van der Waals surface area contributed by atoms with E-state index in [0.29, 0.717) is 0 Å². The van der Waals surface area contributed by atoms with Gasteiger partial charge in [-0.05, 0) is 37.7 Å². The first kappa shape index (κ1) is 14.1. The Kier molecular flexibility index (Phi) is 4.61. The van der Waals surface area contributed by atoms with E-state index in [4.69, 9.17) is 4.74 Å². The summed E-state index contributed by atoms with van der Waals surface area (Å²) < 4.78 is 8.28. The normalized spacial score (nSPS) is 10.7. The lowest BCUT2D eigenvalue weighted by molar-refractivity contribution is 0.414. The van der Waals surface area contributed by atoms with Crippen LogP contribution < -0.4 is 10.1 Å². The second-order valence-electron chi connectivity index (χ2n) is 4.42. The van der Waals surface area contributed by atoms with Gasteiger partial charge >= 0.3 is 0 Å². The van der Waals surface area contributed by atoms with Gasteiger partial charge in [-0.1, -0.05) is 15.9 Å². The molecule has 5 heteroatoms. The summed E-state index contributed by atoms with van der Waals surface area (Å²) in [6.07, 6.45) is 2.08. The van der Waals surface area contributed by atoms with E-state index in [1.807, 2.05) is 36.9 Å². The number of methoxy groups -OCH3 is 1. The summed E-state index contributed by atoms with van der Waals surface area (Å²) in [7, 11) is 3.62. The maximum Gasteiger partial charge on any atom is 0.119 e. The van der Waals surface area contributed by atoms with Crippen LogP contribution in [-0.2, 0) is 13.1 Å². The monoisotopic (exact) mass is 323 g/mol. The van der Waals surface area contributed by atoms with E-state index in [-0.39, 0.29) is 0 Å². The van der Waals surface area contributed by atoms with Gasteiger partial charge in [0.1, 0.15) is 5.75 Å². The number of ether oxygens (including phenoxy) is 1. The van der Waals surface area contributed by atoms with Gasteiger partial charge in [0, 0.05) is 22.8 Å². The highest BCUT2D eigenvalue weighted by molar-refractivity contribution is 9.10. The largest absolute Gasteiger partial charge is 0.497 e. The molecule has 0 saturated carbocycles. The van der Waals surface area contributed by atoms with E-state index >= 15 is 0 Å². The van der Waals surface area contributed by atoms with Crippen molar-refractivity contribution >= 4 is 15.9 Å². The van der Waals surface area contributed by atoms with Crippen LogP contribution >= 0.6 is 15.9 Å². The highest BCUT2D eigenvalue weighted by atomic mass is 79.9. The predicted octanol–water partition coefficient (Wildman–Crippen LogP) is 2.73. The minimum Gasteiger partial charge on any atom is -0.497 e. The molecule has 0 saturated heterocycles. The molecule has 1 heterocycles. The fourth-order valence-corrected chi connectivity index (χ4v) is 2.35. The lowest BCUT2D eigenvalue weighted by Crippen LogP contribution is -2.05. The minimum absolute atomic E-state index is 0.725. The first-order valence-corrected chi connectivity index (χ1v) is 6.93. The summed E-state index contributed by atoms with van der Waals surface area (Å²) in [5, 5.41) is 7.69. The molecular formula is C14H18BrN3O. The van der Waals surface area contributed by atoms with Crippen molar-refractivity contribution in [2.24, 2.45) is 0 Å². The Labute approximate surface area is 121 Å². The van der Waals surface area contributed by atoms with Crippen LogP contribution in [0, 0.1) is 6.92 Å². The van der Waals surface area contributed by atoms with Crippen molar-refractivity contribution in [3.8, 4) is 5.75 Å². The van der Waals surface area contributed by atoms with Crippen LogP contribution in [0.4, 0.5) is 0 Å². The summed E-state index contributed by atoms with van der Waals surface area (Å²) >= 11 is 3.56. The Morgan fingerprint density at radius 2 is 2.16 bits per heavy atom. The Balaban J connectivity index is 2.23. The van der Waals surface area contributed by atoms with Crippen molar-refractivity contribution in [1.82, 2.24) is 15.1 Å². The standard InChI is InChI=1S/C14H18BrN3O/c1-10-12(7-16-2)9-18(17-10)8-11-6-13(19-3)4-5-14(11)15/h4-6,9,16H,7-8H2,1-3H3. The number of benzene rings is 1. The van der Waals surface area contributed by atoms with Gasteiger partial charge in [-0.2, -0.15) is 5.10 Å². The lowest BCUT2D eigenvalue weighted by atomic mass is 10.2.